The SMILES string of the molecule is CN1CCN(CC(NC(=O)CCNC(=O)Nc2ccccc2)c2ccccc2)CC1. The van der Waals surface area contributed by atoms with Crippen molar-refractivity contribution in [2.24, 2.45) is 0 Å². The summed E-state index contributed by atoms with van der Waals surface area (Å²) in [5.41, 5.74) is 1.82. The summed E-state index contributed by atoms with van der Waals surface area (Å²) in [4.78, 5) is 29.2. The molecule has 0 aliphatic carbocycles. The molecule has 160 valence electrons. The number of urea groups is 1. The van der Waals surface area contributed by atoms with E-state index in [1.165, 1.54) is 0 Å². The minimum Gasteiger partial charge on any atom is -0.348 e. The predicted octanol–water partition coefficient (Wildman–Crippen LogP) is 2.30. The molecular formula is C23H31N5O2. The predicted molar refractivity (Wildman–Crippen MR) is 119 cm³/mol. The number of anilines is 1. The summed E-state index contributed by atoms with van der Waals surface area (Å²) in [5.74, 6) is -0.0713. The van der Waals surface area contributed by atoms with Crippen molar-refractivity contribution >= 4 is 17.6 Å². The van der Waals surface area contributed by atoms with Crippen molar-refractivity contribution in [1.82, 2.24) is 20.4 Å². The number of benzene rings is 2. The minimum atomic E-state index is -0.314. The summed E-state index contributed by atoms with van der Waals surface area (Å²) in [6.07, 6.45) is 0.230. The van der Waals surface area contributed by atoms with Crippen molar-refractivity contribution in [3.8, 4) is 0 Å². The molecular weight excluding hydrogens is 378 g/mol. The van der Waals surface area contributed by atoms with Gasteiger partial charge in [0.25, 0.3) is 0 Å². The van der Waals surface area contributed by atoms with Crippen LogP contribution in [0.2, 0.25) is 0 Å². The van der Waals surface area contributed by atoms with E-state index < -0.39 is 0 Å². The number of rotatable bonds is 8. The van der Waals surface area contributed by atoms with E-state index >= 15 is 0 Å². The average molecular weight is 410 g/mol. The van der Waals surface area contributed by atoms with Gasteiger partial charge < -0.3 is 20.9 Å². The van der Waals surface area contributed by atoms with Gasteiger partial charge in [0.2, 0.25) is 5.91 Å². The van der Waals surface area contributed by atoms with Gasteiger partial charge in [-0.25, -0.2) is 4.79 Å². The lowest BCUT2D eigenvalue weighted by Crippen LogP contribution is -2.48. The smallest absolute Gasteiger partial charge is 0.319 e. The van der Waals surface area contributed by atoms with Crippen LogP contribution in [0.5, 0.6) is 0 Å². The number of nitrogens with zero attached hydrogens (tertiary/aromatic N) is 2. The van der Waals surface area contributed by atoms with Gasteiger partial charge in [-0.1, -0.05) is 48.5 Å². The maximum Gasteiger partial charge on any atom is 0.319 e. The number of para-hydroxylation sites is 1. The molecule has 0 radical (unpaired) electrons. The number of carbonyl (C=O) groups is 2. The standard InChI is InChI=1S/C23H31N5O2/c1-27-14-16-28(17-15-27)18-21(19-8-4-2-5-9-19)26-22(29)12-13-24-23(30)25-20-10-6-3-7-11-20/h2-11,21H,12-18H2,1H3,(H,26,29)(H2,24,25,30). The second-order valence-corrected chi connectivity index (χ2v) is 7.63. The van der Waals surface area contributed by atoms with Gasteiger partial charge in [-0.05, 0) is 24.7 Å². The van der Waals surface area contributed by atoms with E-state index in [1.807, 2.05) is 60.7 Å². The Morgan fingerprint density at radius 3 is 2.23 bits per heavy atom. The van der Waals surface area contributed by atoms with Crippen molar-refractivity contribution in [3.63, 3.8) is 0 Å². The molecule has 0 spiro atoms. The van der Waals surface area contributed by atoms with Crippen LogP contribution < -0.4 is 16.0 Å². The molecule has 2 aromatic rings. The second kappa shape index (κ2) is 11.3. The van der Waals surface area contributed by atoms with Crippen LogP contribution in [-0.2, 0) is 4.79 Å². The second-order valence-electron chi connectivity index (χ2n) is 7.63. The average Bonchev–Trinajstić information content (AvgIpc) is 2.76. The summed E-state index contributed by atoms with van der Waals surface area (Å²) >= 11 is 0. The van der Waals surface area contributed by atoms with Crippen LogP contribution in [0, 0.1) is 0 Å². The Bertz CT molecular complexity index is 792. The third-order valence-electron chi connectivity index (χ3n) is 5.24. The third kappa shape index (κ3) is 7.17. The number of hydrogen-bond acceptors (Lipinski definition) is 4. The first kappa shape index (κ1) is 21.8. The largest absolute Gasteiger partial charge is 0.348 e. The number of hydrogen-bond donors (Lipinski definition) is 3. The number of piperazine rings is 1. The summed E-state index contributed by atoms with van der Waals surface area (Å²) in [5, 5.41) is 8.63. The van der Waals surface area contributed by atoms with Crippen LogP contribution in [0.1, 0.15) is 18.0 Å². The molecule has 1 fully saturated rings. The van der Waals surface area contributed by atoms with E-state index in [2.05, 4.69) is 32.8 Å². The number of amides is 3. The fourth-order valence-electron chi connectivity index (χ4n) is 3.46. The van der Waals surface area contributed by atoms with Crippen LogP contribution in [0.25, 0.3) is 0 Å². The summed E-state index contributed by atoms with van der Waals surface area (Å²) in [6, 6.07) is 18.9. The van der Waals surface area contributed by atoms with Crippen LogP contribution in [0.15, 0.2) is 60.7 Å². The van der Waals surface area contributed by atoms with Crippen molar-refractivity contribution < 1.29 is 9.59 Å². The minimum absolute atomic E-state index is 0.0692. The van der Waals surface area contributed by atoms with Crippen molar-refractivity contribution in [3.05, 3.63) is 66.2 Å². The Balaban J connectivity index is 1.47. The number of carbonyl (C=O) groups excluding carboxylic acids is 2. The van der Waals surface area contributed by atoms with Crippen LogP contribution in [-0.4, -0.2) is 68.1 Å². The highest BCUT2D eigenvalue weighted by molar-refractivity contribution is 5.89. The topological polar surface area (TPSA) is 76.7 Å². The molecule has 1 unspecified atom stereocenters. The molecule has 3 amide bonds. The molecule has 1 atom stereocenters. The molecule has 3 rings (SSSR count). The Morgan fingerprint density at radius 2 is 1.57 bits per heavy atom. The molecule has 1 aliphatic heterocycles. The van der Waals surface area contributed by atoms with Gasteiger partial charge in [0.1, 0.15) is 0 Å². The van der Waals surface area contributed by atoms with Crippen molar-refractivity contribution in [2.75, 3.05) is 51.6 Å². The summed E-state index contributed by atoms with van der Waals surface area (Å²) in [6.45, 7) is 5.13. The first-order valence-electron chi connectivity index (χ1n) is 10.5. The molecule has 2 aromatic carbocycles. The third-order valence-corrected chi connectivity index (χ3v) is 5.24. The van der Waals surface area contributed by atoms with Gasteiger partial charge in [0, 0.05) is 51.4 Å². The van der Waals surface area contributed by atoms with E-state index in [0.29, 0.717) is 0 Å². The van der Waals surface area contributed by atoms with Gasteiger partial charge in [-0.3, -0.25) is 9.69 Å². The van der Waals surface area contributed by atoms with E-state index in [9.17, 15) is 9.59 Å². The molecule has 3 N–H and O–H groups in total. The van der Waals surface area contributed by atoms with E-state index in [0.717, 1.165) is 44.0 Å². The van der Waals surface area contributed by atoms with Gasteiger partial charge in [0.15, 0.2) is 0 Å². The molecule has 0 saturated carbocycles. The monoisotopic (exact) mass is 409 g/mol. The lowest BCUT2D eigenvalue weighted by Gasteiger charge is -2.35. The van der Waals surface area contributed by atoms with Gasteiger partial charge in [-0.2, -0.15) is 0 Å². The highest BCUT2D eigenvalue weighted by Gasteiger charge is 2.21. The van der Waals surface area contributed by atoms with Crippen LogP contribution in [0.3, 0.4) is 0 Å². The fourth-order valence-corrected chi connectivity index (χ4v) is 3.46. The molecule has 0 bridgehead atoms. The van der Waals surface area contributed by atoms with E-state index in [-0.39, 0.29) is 30.9 Å². The Labute approximate surface area is 178 Å². The first-order valence-corrected chi connectivity index (χ1v) is 10.5. The number of likely N-dealkylation sites (N-methyl/N-ethyl adjacent to an activating group) is 1. The zero-order valence-corrected chi connectivity index (χ0v) is 17.5. The van der Waals surface area contributed by atoms with Crippen LogP contribution >= 0.6 is 0 Å². The Hall–Kier alpha value is -2.90. The molecule has 30 heavy (non-hydrogen) atoms. The highest BCUT2D eigenvalue weighted by Crippen LogP contribution is 2.15. The lowest BCUT2D eigenvalue weighted by molar-refractivity contribution is -0.121. The number of nitrogens with one attached hydrogen (secondary N) is 3. The van der Waals surface area contributed by atoms with Gasteiger partial charge >= 0.3 is 6.03 Å². The zero-order chi connectivity index (χ0) is 21.2. The Kier molecular flexibility index (Phi) is 8.23. The van der Waals surface area contributed by atoms with Crippen LogP contribution in [0.4, 0.5) is 10.5 Å². The molecule has 1 heterocycles. The Morgan fingerprint density at radius 1 is 0.933 bits per heavy atom. The van der Waals surface area contributed by atoms with Gasteiger partial charge in [-0.15, -0.1) is 0 Å². The lowest BCUT2D eigenvalue weighted by atomic mass is 10.1. The summed E-state index contributed by atoms with van der Waals surface area (Å²) < 4.78 is 0. The zero-order valence-electron chi connectivity index (χ0n) is 17.5. The highest BCUT2D eigenvalue weighted by atomic mass is 16.2. The molecule has 1 aliphatic rings. The quantitative estimate of drug-likeness (QED) is 0.625. The van der Waals surface area contributed by atoms with Gasteiger partial charge in [0.05, 0.1) is 6.04 Å². The van der Waals surface area contributed by atoms with Crippen molar-refractivity contribution in [1.29, 1.82) is 0 Å². The van der Waals surface area contributed by atoms with E-state index in [1.54, 1.807) is 0 Å². The molecule has 0 aromatic heterocycles. The maximum atomic E-state index is 12.6. The molecule has 7 heteroatoms. The molecule has 1 saturated heterocycles. The summed E-state index contributed by atoms with van der Waals surface area (Å²) in [7, 11) is 2.13. The van der Waals surface area contributed by atoms with E-state index in [4.69, 9.17) is 0 Å². The fraction of sp³-hybridized carbons (Fsp3) is 0.391. The van der Waals surface area contributed by atoms with Crippen molar-refractivity contribution in [2.45, 2.75) is 12.5 Å². The molecule has 7 nitrogen and oxygen atoms in total. The normalized spacial score (nSPS) is 15.9. The maximum absolute atomic E-state index is 12.6. The first-order chi connectivity index (χ1) is 14.6.